The predicted octanol–water partition coefficient (Wildman–Crippen LogP) is 1.74. The zero-order valence-electron chi connectivity index (χ0n) is 10.0. The summed E-state index contributed by atoms with van der Waals surface area (Å²) in [6.07, 6.45) is 0. The summed E-state index contributed by atoms with van der Waals surface area (Å²) in [6, 6.07) is 3.87. The molecule has 0 bridgehead atoms. The number of carbonyl (C=O) groups is 1. The van der Waals surface area contributed by atoms with Gasteiger partial charge in [0, 0.05) is 24.9 Å². The summed E-state index contributed by atoms with van der Waals surface area (Å²) in [5.41, 5.74) is -0.279. The number of nitro groups is 1. The van der Waals surface area contributed by atoms with Gasteiger partial charge in [0.25, 0.3) is 5.69 Å². The predicted molar refractivity (Wildman–Crippen MR) is 65.0 cm³/mol. The van der Waals surface area contributed by atoms with Crippen molar-refractivity contribution in [1.82, 2.24) is 0 Å². The molecular weight excluding hydrogens is 240 g/mol. The average Bonchev–Trinajstić information content (AvgIpc) is 2.28. The second kappa shape index (κ2) is 5.97. The molecule has 1 aromatic carbocycles. The Morgan fingerprint density at radius 2 is 2.28 bits per heavy atom. The largest absolute Gasteiger partial charge is 0.477 e. The summed E-state index contributed by atoms with van der Waals surface area (Å²) in [6.45, 7) is 2.29. The normalized spacial score (nSPS) is 11.9. The fraction of sp³-hybridized carbons (Fsp3) is 0.364. The van der Waals surface area contributed by atoms with Crippen LogP contribution in [0.1, 0.15) is 17.3 Å². The number of hydrogen-bond acceptors (Lipinski definition) is 5. The average molecular weight is 254 g/mol. The highest BCUT2D eigenvalue weighted by atomic mass is 16.6. The molecule has 0 saturated heterocycles. The third-order valence-electron chi connectivity index (χ3n) is 2.25. The number of ether oxygens (including phenoxy) is 1. The van der Waals surface area contributed by atoms with E-state index in [-0.39, 0.29) is 11.6 Å². The van der Waals surface area contributed by atoms with Crippen LogP contribution in [0.25, 0.3) is 0 Å². The Morgan fingerprint density at radius 1 is 1.61 bits per heavy atom. The van der Waals surface area contributed by atoms with Crippen LogP contribution in [0, 0.1) is 10.1 Å². The first kappa shape index (κ1) is 13.9. The lowest BCUT2D eigenvalue weighted by molar-refractivity contribution is -0.385. The van der Waals surface area contributed by atoms with Crippen molar-refractivity contribution in [3.8, 4) is 0 Å². The van der Waals surface area contributed by atoms with Gasteiger partial charge in [0.05, 0.1) is 11.5 Å². The van der Waals surface area contributed by atoms with Crippen LogP contribution in [0.4, 0.5) is 11.4 Å². The van der Waals surface area contributed by atoms with Gasteiger partial charge < -0.3 is 15.2 Å². The number of benzene rings is 1. The minimum absolute atomic E-state index is 0.0368. The first-order valence-electron chi connectivity index (χ1n) is 5.23. The fourth-order valence-electron chi connectivity index (χ4n) is 1.53. The quantitative estimate of drug-likeness (QED) is 0.592. The second-order valence-corrected chi connectivity index (χ2v) is 3.79. The number of carboxylic acid groups (broad SMARTS) is 1. The lowest BCUT2D eigenvalue weighted by atomic mass is 10.1. The number of rotatable bonds is 6. The van der Waals surface area contributed by atoms with E-state index in [9.17, 15) is 14.9 Å². The first-order chi connectivity index (χ1) is 8.45. The molecule has 98 valence electrons. The molecule has 7 heteroatoms. The van der Waals surface area contributed by atoms with E-state index in [1.54, 1.807) is 7.11 Å². The van der Waals surface area contributed by atoms with Gasteiger partial charge in [0.2, 0.25) is 0 Å². The SMILES string of the molecule is COCC(C)Nc1ccc(C(=O)O)c([N+](=O)[O-])c1. The molecule has 1 unspecified atom stereocenters. The number of nitrogens with one attached hydrogen (secondary N) is 1. The van der Waals surface area contributed by atoms with E-state index < -0.39 is 16.6 Å². The van der Waals surface area contributed by atoms with Gasteiger partial charge in [-0.05, 0) is 19.1 Å². The summed E-state index contributed by atoms with van der Waals surface area (Å²) in [5, 5.41) is 22.6. The number of nitrogens with zero attached hydrogens (tertiary/aromatic N) is 1. The molecule has 0 heterocycles. The van der Waals surface area contributed by atoms with Gasteiger partial charge in [-0.15, -0.1) is 0 Å². The third kappa shape index (κ3) is 3.42. The highest BCUT2D eigenvalue weighted by molar-refractivity contribution is 5.93. The molecule has 0 aliphatic rings. The minimum atomic E-state index is -1.32. The van der Waals surface area contributed by atoms with Crippen LogP contribution in [0.15, 0.2) is 18.2 Å². The maximum Gasteiger partial charge on any atom is 0.342 e. The molecule has 0 aliphatic carbocycles. The Kier molecular flexibility index (Phi) is 4.61. The van der Waals surface area contributed by atoms with Gasteiger partial charge in [-0.2, -0.15) is 0 Å². The Morgan fingerprint density at radius 3 is 2.78 bits per heavy atom. The van der Waals surface area contributed by atoms with Crippen LogP contribution < -0.4 is 5.32 Å². The number of aromatic carboxylic acids is 1. The monoisotopic (exact) mass is 254 g/mol. The van der Waals surface area contributed by atoms with Crippen LogP contribution >= 0.6 is 0 Å². The molecule has 0 fully saturated rings. The lowest BCUT2D eigenvalue weighted by Crippen LogP contribution is -2.20. The van der Waals surface area contributed by atoms with Gasteiger partial charge in [-0.3, -0.25) is 10.1 Å². The van der Waals surface area contributed by atoms with Crippen LogP contribution in [-0.2, 0) is 4.74 Å². The van der Waals surface area contributed by atoms with Crippen molar-refractivity contribution < 1.29 is 19.6 Å². The summed E-state index contributed by atoms with van der Waals surface area (Å²) in [5.74, 6) is -1.32. The number of nitro benzene ring substituents is 1. The van der Waals surface area contributed by atoms with Gasteiger partial charge >= 0.3 is 5.97 Å². The van der Waals surface area contributed by atoms with E-state index in [1.165, 1.54) is 18.2 Å². The number of carboxylic acids is 1. The zero-order valence-corrected chi connectivity index (χ0v) is 10.0. The molecule has 0 saturated carbocycles. The standard InChI is InChI=1S/C11H14N2O5/c1-7(6-18-2)12-8-3-4-9(11(14)15)10(5-8)13(16)17/h3-5,7,12H,6H2,1-2H3,(H,14,15). The van der Waals surface area contributed by atoms with E-state index in [4.69, 9.17) is 9.84 Å². The maximum absolute atomic E-state index is 10.8. The van der Waals surface area contributed by atoms with Crippen molar-refractivity contribution in [2.45, 2.75) is 13.0 Å². The molecule has 0 aliphatic heterocycles. The minimum Gasteiger partial charge on any atom is -0.477 e. The van der Waals surface area contributed by atoms with Crippen molar-refractivity contribution in [2.75, 3.05) is 19.0 Å². The molecule has 1 rings (SSSR count). The van der Waals surface area contributed by atoms with E-state index in [0.717, 1.165) is 0 Å². The summed E-state index contributed by atoms with van der Waals surface area (Å²) < 4.78 is 4.92. The third-order valence-corrected chi connectivity index (χ3v) is 2.25. The zero-order chi connectivity index (χ0) is 13.7. The van der Waals surface area contributed by atoms with Crippen molar-refractivity contribution in [3.63, 3.8) is 0 Å². The summed E-state index contributed by atoms with van der Waals surface area (Å²) in [7, 11) is 1.55. The fourth-order valence-corrected chi connectivity index (χ4v) is 1.53. The van der Waals surface area contributed by atoms with Gasteiger partial charge in [-0.25, -0.2) is 4.79 Å². The molecule has 0 amide bonds. The Hall–Kier alpha value is -2.15. The van der Waals surface area contributed by atoms with Crippen LogP contribution in [0.3, 0.4) is 0 Å². The lowest BCUT2D eigenvalue weighted by Gasteiger charge is -2.14. The molecule has 2 N–H and O–H groups in total. The molecule has 1 atom stereocenters. The van der Waals surface area contributed by atoms with Crippen molar-refractivity contribution >= 4 is 17.3 Å². The Labute approximate surface area is 104 Å². The van der Waals surface area contributed by atoms with Gasteiger partial charge in [0.15, 0.2) is 0 Å². The maximum atomic E-state index is 10.8. The van der Waals surface area contributed by atoms with Crippen LogP contribution in [0.5, 0.6) is 0 Å². The molecule has 7 nitrogen and oxygen atoms in total. The smallest absolute Gasteiger partial charge is 0.342 e. The van der Waals surface area contributed by atoms with Crippen LogP contribution in [-0.4, -0.2) is 35.8 Å². The van der Waals surface area contributed by atoms with E-state index in [2.05, 4.69) is 5.32 Å². The number of anilines is 1. The van der Waals surface area contributed by atoms with Gasteiger partial charge in [0.1, 0.15) is 5.56 Å². The molecule has 1 aromatic rings. The number of hydrogen-bond donors (Lipinski definition) is 2. The van der Waals surface area contributed by atoms with Crippen molar-refractivity contribution in [3.05, 3.63) is 33.9 Å². The molecule has 0 radical (unpaired) electrons. The highest BCUT2D eigenvalue weighted by Crippen LogP contribution is 2.23. The summed E-state index contributed by atoms with van der Waals surface area (Å²) in [4.78, 5) is 20.9. The first-order valence-corrected chi connectivity index (χ1v) is 5.23. The molecule has 0 spiro atoms. The highest BCUT2D eigenvalue weighted by Gasteiger charge is 2.20. The second-order valence-electron chi connectivity index (χ2n) is 3.79. The molecular formula is C11H14N2O5. The summed E-state index contributed by atoms with van der Waals surface area (Å²) >= 11 is 0. The molecule has 0 aromatic heterocycles. The number of methoxy groups -OCH3 is 1. The van der Waals surface area contributed by atoms with E-state index in [1.807, 2.05) is 6.92 Å². The van der Waals surface area contributed by atoms with Crippen molar-refractivity contribution in [1.29, 1.82) is 0 Å². The van der Waals surface area contributed by atoms with Gasteiger partial charge in [-0.1, -0.05) is 0 Å². The molecule has 18 heavy (non-hydrogen) atoms. The Balaban J connectivity index is 3.00. The van der Waals surface area contributed by atoms with Crippen LogP contribution in [0.2, 0.25) is 0 Å². The van der Waals surface area contributed by atoms with E-state index >= 15 is 0 Å². The van der Waals surface area contributed by atoms with E-state index in [0.29, 0.717) is 12.3 Å². The van der Waals surface area contributed by atoms with Crippen molar-refractivity contribution in [2.24, 2.45) is 0 Å². The Bertz CT molecular complexity index is 461. The topological polar surface area (TPSA) is 102 Å².